The number of carbonyl (C=O) groups is 1. The third kappa shape index (κ3) is 4.73. The molecule has 0 bridgehead atoms. The number of hydrogen-bond donors (Lipinski definition) is 0. The van der Waals surface area contributed by atoms with E-state index in [0.717, 1.165) is 29.5 Å². The fraction of sp³-hybridized carbons (Fsp3) is 0.312. The Kier molecular flexibility index (Phi) is 7.33. The van der Waals surface area contributed by atoms with Gasteiger partial charge in [0.2, 0.25) is 5.76 Å². The molecule has 0 N–H and O–H groups in total. The molecule has 39 heavy (non-hydrogen) atoms. The van der Waals surface area contributed by atoms with Crippen molar-refractivity contribution in [3.05, 3.63) is 92.8 Å². The number of fused-ring (bicyclic) bond motifs is 2. The topological polar surface area (TPSA) is 78.2 Å². The van der Waals surface area contributed by atoms with E-state index < -0.39 is 6.04 Å². The first-order chi connectivity index (χ1) is 18.9. The van der Waals surface area contributed by atoms with Crippen LogP contribution in [-0.4, -0.2) is 26.2 Å². The molecule has 1 amide bonds. The summed E-state index contributed by atoms with van der Waals surface area (Å²) in [5.74, 6) is 1.54. The first kappa shape index (κ1) is 26.4. The number of ether oxygens (including phenoxy) is 3. The molecule has 1 aliphatic rings. The lowest BCUT2D eigenvalue weighted by Crippen LogP contribution is -2.29. The molecule has 0 radical (unpaired) electrons. The number of nitrogens with zero attached hydrogens (tertiary/aromatic N) is 1. The Bertz CT molecular complexity index is 1590. The van der Waals surface area contributed by atoms with E-state index in [1.165, 1.54) is 0 Å². The summed E-state index contributed by atoms with van der Waals surface area (Å²) in [6.07, 6.45) is 1.94. The zero-order valence-electron chi connectivity index (χ0n) is 23.0. The number of aryl methyl sites for hydroxylation is 2. The summed E-state index contributed by atoms with van der Waals surface area (Å²) in [4.78, 5) is 29.6. The van der Waals surface area contributed by atoms with E-state index in [1.807, 2.05) is 51.1 Å². The van der Waals surface area contributed by atoms with Crippen molar-refractivity contribution in [1.29, 1.82) is 0 Å². The Morgan fingerprint density at radius 2 is 1.64 bits per heavy atom. The van der Waals surface area contributed by atoms with Crippen molar-refractivity contribution in [2.24, 2.45) is 0 Å². The van der Waals surface area contributed by atoms with Gasteiger partial charge in [0.05, 0.1) is 37.3 Å². The molecule has 0 saturated carbocycles. The monoisotopic (exact) mass is 527 g/mol. The normalized spacial score (nSPS) is 14.5. The average Bonchev–Trinajstić information content (AvgIpc) is 3.23. The molecule has 2 heterocycles. The van der Waals surface area contributed by atoms with Crippen molar-refractivity contribution in [3.8, 4) is 17.2 Å². The standard InChI is InChI=1S/C32H33NO6/c1-6-8-15-38-25-14-9-21(18-27(25)37-7-2)29-28-30(34)24-16-19(3)20(4)17-26(24)39-31(28)32(35)33(29)22-10-12-23(36-5)13-11-22/h9-14,16-18,29H,6-8,15H2,1-5H3. The third-order valence-electron chi connectivity index (χ3n) is 7.18. The van der Waals surface area contributed by atoms with Crippen molar-refractivity contribution in [1.82, 2.24) is 0 Å². The maximum absolute atomic E-state index is 14.0. The van der Waals surface area contributed by atoms with Gasteiger partial charge in [0.25, 0.3) is 5.91 Å². The predicted octanol–water partition coefficient (Wildman–Crippen LogP) is 6.75. The van der Waals surface area contributed by atoms with Crippen LogP contribution in [0.5, 0.6) is 17.2 Å². The van der Waals surface area contributed by atoms with Crippen LogP contribution in [0.2, 0.25) is 0 Å². The van der Waals surface area contributed by atoms with Crippen LogP contribution in [0.25, 0.3) is 11.0 Å². The van der Waals surface area contributed by atoms with E-state index in [-0.39, 0.29) is 17.1 Å². The molecule has 7 heteroatoms. The van der Waals surface area contributed by atoms with Gasteiger partial charge in [0.15, 0.2) is 16.9 Å². The number of anilines is 1. The van der Waals surface area contributed by atoms with Crippen LogP contribution in [0.4, 0.5) is 5.69 Å². The number of unbranched alkanes of at least 4 members (excludes halogenated alkanes) is 1. The largest absolute Gasteiger partial charge is 0.497 e. The van der Waals surface area contributed by atoms with Crippen molar-refractivity contribution < 1.29 is 23.4 Å². The van der Waals surface area contributed by atoms with Gasteiger partial charge in [-0.05, 0) is 92.4 Å². The fourth-order valence-corrected chi connectivity index (χ4v) is 4.96. The number of methoxy groups -OCH3 is 1. The van der Waals surface area contributed by atoms with Crippen molar-refractivity contribution in [2.75, 3.05) is 25.2 Å². The molecule has 202 valence electrons. The second-order valence-electron chi connectivity index (χ2n) is 9.72. The van der Waals surface area contributed by atoms with Gasteiger partial charge in [0, 0.05) is 5.69 Å². The maximum Gasteiger partial charge on any atom is 0.295 e. The molecule has 1 unspecified atom stereocenters. The Labute approximate surface area is 227 Å². The highest BCUT2D eigenvalue weighted by molar-refractivity contribution is 6.10. The van der Waals surface area contributed by atoms with Gasteiger partial charge in [-0.15, -0.1) is 0 Å². The highest BCUT2D eigenvalue weighted by Crippen LogP contribution is 2.43. The van der Waals surface area contributed by atoms with Crippen molar-refractivity contribution >= 4 is 22.6 Å². The van der Waals surface area contributed by atoms with Crippen molar-refractivity contribution in [2.45, 2.75) is 46.6 Å². The van der Waals surface area contributed by atoms with E-state index >= 15 is 0 Å². The molecular formula is C32H33NO6. The summed E-state index contributed by atoms with van der Waals surface area (Å²) in [7, 11) is 1.59. The quantitative estimate of drug-likeness (QED) is 0.224. The number of hydrogen-bond acceptors (Lipinski definition) is 6. The molecular weight excluding hydrogens is 494 g/mol. The van der Waals surface area contributed by atoms with Crippen molar-refractivity contribution in [3.63, 3.8) is 0 Å². The van der Waals surface area contributed by atoms with Crippen LogP contribution < -0.4 is 24.5 Å². The lowest BCUT2D eigenvalue weighted by atomic mass is 9.97. The molecule has 1 atom stereocenters. The van der Waals surface area contributed by atoms with Gasteiger partial charge in [-0.1, -0.05) is 19.4 Å². The molecule has 0 saturated heterocycles. The highest BCUT2D eigenvalue weighted by Gasteiger charge is 2.44. The van der Waals surface area contributed by atoms with E-state index in [1.54, 1.807) is 36.3 Å². The van der Waals surface area contributed by atoms with Crippen LogP contribution in [0.3, 0.4) is 0 Å². The van der Waals surface area contributed by atoms with Gasteiger partial charge in [-0.2, -0.15) is 0 Å². The average molecular weight is 528 g/mol. The molecule has 1 aliphatic heterocycles. The minimum Gasteiger partial charge on any atom is -0.497 e. The summed E-state index contributed by atoms with van der Waals surface area (Å²) in [5, 5.41) is 0.454. The Morgan fingerprint density at radius 1 is 0.897 bits per heavy atom. The summed E-state index contributed by atoms with van der Waals surface area (Å²) < 4.78 is 23.4. The van der Waals surface area contributed by atoms with Crippen LogP contribution >= 0.6 is 0 Å². The summed E-state index contributed by atoms with van der Waals surface area (Å²) in [6.45, 7) is 8.95. The number of amides is 1. The predicted molar refractivity (Wildman–Crippen MR) is 152 cm³/mol. The number of carbonyl (C=O) groups excluding carboxylic acids is 1. The van der Waals surface area contributed by atoms with E-state index in [2.05, 4.69) is 6.92 Å². The van der Waals surface area contributed by atoms with Gasteiger partial charge in [0.1, 0.15) is 11.3 Å². The minimum atomic E-state index is -0.716. The lowest BCUT2D eigenvalue weighted by Gasteiger charge is -2.26. The van der Waals surface area contributed by atoms with E-state index in [9.17, 15) is 9.59 Å². The zero-order chi connectivity index (χ0) is 27.7. The molecule has 1 aromatic heterocycles. The first-order valence-electron chi connectivity index (χ1n) is 13.3. The summed E-state index contributed by atoms with van der Waals surface area (Å²) in [5.41, 5.74) is 3.81. The fourth-order valence-electron chi connectivity index (χ4n) is 4.96. The van der Waals surface area contributed by atoms with Crippen LogP contribution in [0.1, 0.15) is 65.5 Å². The number of rotatable bonds is 9. The highest BCUT2D eigenvalue weighted by atomic mass is 16.5. The molecule has 0 fully saturated rings. The summed E-state index contributed by atoms with van der Waals surface area (Å²) >= 11 is 0. The Morgan fingerprint density at radius 3 is 2.33 bits per heavy atom. The number of benzene rings is 3. The van der Waals surface area contributed by atoms with Crippen LogP contribution in [-0.2, 0) is 0 Å². The molecule has 4 aromatic rings. The maximum atomic E-state index is 14.0. The van der Waals surface area contributed by atoms with Gasteiger partial charge in [-0.3, -0.25) is 14.5 Å². The minimum absolute atomic E-state index is 0.0535. The van der Waals surface area contributed by atoms with Gasteiger partial charge in [-0.25, -0.2) is 0 Å². The third-order valence-corrected chi connectivity index (χ3v) is 7.18. The Hall–Kier alpha value is -4.26. The lowest BCUT2D eigenvalue weighted by molar-refractivity contribution is 0.0971. The molecule has 3 aromatic carbocycles. The Balaban J connectivity index is 1.72. The summed E-state index contributed by atoms with van der Waals surface area (Å²) in [6, 6.07) is 15.7. The molecule has 7 nitrogen and oxygen atoms in total. The smallest absolute Gasteiger partial charge is 0.295 e. The molecule has 0 spiro atoms. The SMILES string of the molecule is CCCCOc1ccc(C2c3c(oc4cc(C)c(C)cc4c3=O)C(=O)N2c2ccc(OC)cc2)cc1OCC. The zero-order valence-corrected chi connectivity index (χ0v) is 23.0. The molecule has 5 rings (SSSR count). The second kappa shape index (κ2) is 10.8. The van der Waals surface area contributed by atoms with E-state index in [4.69, 9.17) is 18.6 Å². The molecule has 0 aliphatic carbocycles. The first-order valence-corrected chi connectivity index (χ1v) is 13.3. The van der Waals surface area contributed by atoms with Crippen LogP contribution in [0.15, 0.2) is 63.8 Å². The second-order valence-corrected chi connectivity index (χ2v) is 9.72. The van der Waals surface area contributed by atoms with Crippen LogP contribution in [0, 0.1) is 13.8 Å². The van der Waals surface area contributed by atoms with E-state index in [0.29, 0.717) is 52.7 Å². The van der Waals surface area contributed by atoms with Gasteiger partial charge < -0.3 is 18.6 Å². The van der Waals surface area contributed by atoms with Gasteiger partial charge >= 0.3 is 0 Å².